The molecule has 0 amide bonds. The van der Waals surface area contributed by atoms with Crippen molar-refractivity contribution in [1.82, 2.24) is 4.98 Å². The molecule has 0 aliphatic rings. The van der Waals surface area contributed by atoms with Crippen LogP contribution in [0.4, 0.5) is 11.5 Å². The quantitative estimate of drug-likeness (QED) is 0.788. The van der Waals surface area contributed by atoms with E-state index in [2.05, 4.69) is 4.98 Å². The van der Waals surface area contributed by atoms with E-state index in [-0.39, 0.29) is 0 Å². The molecular weight excluding hydrogens is 248 g/mol. The number of ether oxygens (including phenoxy) is 1. The van der Waals surface area contributed by atoms with Gasteiger partial charge in [0.05, 0.1) is 7.11 Å². The molecule has 2 aromatic rings. The highest BCUT2D eigenvalue weighted by Crippen LogP contribution is 2.24. The second kappa shape index (κ2) is 5.74. The molecule has 4 heteroatoms. The van der Waals surface area contributed by atoms with Gasteiger partial charge in [0.25, 0.3) is 0 Å². The summed E-state index contributed by atoms with van der Waals surface area (Å²) in [5, 5.41) is 0. The van der Waals surface area contributed by atoms with Crippen LogP contribution in [0.1, 0.15) is 5.56 Å². The molecule has 0 N–H and O–H groups in total. The Morgan fingerprint density at radius 1 is 1.22 bits per heavy atom. The van der Waals surface area contributed by atoms with Crippen LogP contribution in [-0.4, -0.2) is 19.1 Å². The predicted octanol–water partition coefficient (Wildman–Crippen LogP) is 3.60. The maximum atomic E-state index is 5.83. The van der Waals surface area contributed by atoms with Crippen LogP contribution in [0.2, 0.25) is 0 Å². The molecule has 0 spiro atoms. The van der Waals surface area contributed by atoms with E-state index in [0.717, 1.165) is 22.8 Å². The van der Waals surface area contributed by atoms with Crippen molar-refractivity contribution in [3.8, 4) is 5.75 Å². The minimum atomic E-state index is 0.492. The molecule has 0 saturated heterocycles. The van der Waals surface area contributed by atoms with Crippen molar-refractivity contribution < 1.29 is 4.74 Å². The van der Waals surface area contributed by atoms with Gasteiger partial charge in [0.2, 0.25) is 0 Å². The van der Waals surface area contributed by atoms with Crippen molar-refractivity contribution in [3.63, 3.8) is 0 Å². The molecule has 0 radical (unpaired) electrons. The van der Waals surface area contributed by atoms with E-state index in [1.54, 1.807) is 13.3 Å². The predicted molar refractivity (Wildman–Crippen MR) is 74.9 cm³/mol. The highest BCUT2D eigenvalue weighted by Gasteiger charge is 2.06. The number of rotatable bonds is 4. The van der Waals surface area contributed by atoms with Gasteiger partial charge in [-0.2, -0.15) is 0 Å². The molecule has 18 heavy (non-hydrogen) atoms. The van der Waals surface area contributed by atoms with E-state index in [9.17, 15) is 0 Å². The van der Waals surface area contributed by atoms with Crippen molar-refractivity contribution in [1.29, 1.82) is 0 Å². The molecule has 94 valence electrons. The number of anilines is 2. The molecule has 2 rings (SSSR count). The van der Waals surface area contributed by atoms with Crippen LogP contribution >= 0.6 is 11.6 Å². The van der Waals surface area contributed by atoms with E-state index >= 15 is 0 Å². The molecule has 0 atom stereocenters. The Kier molecular flexibility index (Phi) is 4.05. The van der Waals surface area contributed by atoms with Crippen LogP contribution in [0.5, 0.6) is 5.75 Å². The number of nitrogens with zero attached hydrogens (tertiary/aromatic N) is 2. The van der Waals surface area contributed by atoms with Crippen molar-refractivity contribution >= 4 is 23.1 Å². The minimum absolute atomic E-state index is 0.492. The number of halogens is 1. The Labute approximate surface area is 112 Å². The van der Waals surface area contributed by atoms with E-state index in [0.29, 0.717) is 5.88 Å². The first-order valence-electron chi connectivity index (χ1n) is 5.63. The SMILES string of the molecule is COc1ccc(N(C)c2cc(CCl)ccn2)cc1. The van der Waals surface area contributed by atoms with Gasteiger partial charge in [-0.05, 0) is 42.0 Å². The normalized spacial score (nSPS) is 10.2. The summed E-state index contributed by atoms with van der Waals surface area (Å²) in [6, 6.07) is 11.7. The fourth-order valence-corrected chi connectivity index (χ4v) is 1.83. The summed E-state index contributed by atoms with van der Waals surface area (Å²) >= 11 is 5.83. The lowest BCUT2D eigenvalue weighted by Crippen LogP contribution is -2.11. The molecule has 0 aliphatic heterocycles. The molecule has 0 unspecified atom stereocenters. The third-order valence-corrected chi connectivity index (χ3v) is 3.08. The van der Waals surface area contributed by atoms with Gasteiger partial charge in [-0.15, -0.1) is 11.6 Å². The third-order valence-electron chi connectivity index (χ3n) is 2.77. The minimum Gasteiger partial charge on any atom is -0.497 e. The number of hydrogen-bond donors (Lipinski definition) is 0. The summed E-state index contributed by atoms with van der Waals surface area (Å²) in [6.45, 7) is 0. The lowest BCUT2D eigenvalue weighted by molar-refractivity contribution is 0.415. The van der Waals surface area contributed by atoms with Crippen LogP contribution in [0.15, 0.2) is 42.6 Å². The smallest absolute Gasteiger partial charge is 0.132 e. The summed E-state index contributed by atoms with van der Waals surface area (Å²) in [4.78, 5) is 6.35. The van der Waals surface area contributed by atoms with Gasteiger partial charge in [-0.25, -0.2) is 4.98 Å². The lowest BCUT2D eigenvalue weighted by atomic mass is 10.2. The summed E-state index contributed by atoms with van der Waals surface area (Å²) in [6.07, 6.45) is 1.77. The standard InChI is InChI=1S/C14H15ClN2O/c1-17(12-3-5-13(18-2)6-4-12)14-9-11(10-15)7-8-16-14/h3-9H,10H2,1-2H3. The summed E-state index contributed by atoms with van der Waals surface area (Å²) in [7, 11) is 3.63. The Morgan fingerprint density at radius 3 is 2.56 bits per heavy atom. The fourth-order valence-electron chi connectivity index (χ4n) is 1.67. The van der Waals surface area contributed by atoms with Gasteiger partial charge in [-0.3, -0.25) is 0 Å². The summed E-state index contributed by atoms with van der Waals surface area (Å²) < 4.78 is 5.14. The number of aromatic nitrogens is 1. The molecule has 1 aromatic heterocycles. The molecule has 0 aliphatic carbocycles. The van der Waals surface area contributed by atoms with Gasteiger partial charge in [-0.1, -0.05) is 0 Å². The molecule has 1 heterocycles. The zero-order chi connectivity index (χ0) is 13.0. The molecular formula is C14H15ClN2O. The second-order valence-corrected chi connectivity index (χ2v) is 4.18. The van der Waals surface area contributed by atoms with Gasteiger partial charge < -0.3 is 9.64 Å². The van der Waals surface area contributed by atoms with Crippen LogP contribution in [0.25, 0.3) is 0 Å². The van der Waals surface area contributed by atoms with E-state index < -0.39 is 0 Å². The van der Waals surface area contributed by atoms with E-state index in [4.69, 9.17) is 16.3 Å². The first-order chi connectivity index (χ1) is 8.74. The van der Waals surface area contributed by atoms with Crippen molar-refractivity contribution in [2.45, 2.75) is 5.88 Å². The first kappa shape index (κ1) is 12.7. The lowest BCUT2D eigenvalue weighted by Gasteiger charge is -2.19. The van der Waals surface area contributed by atoms with Gasteiger partial charge >= 0.3 is 0 Å². The topological polar surface area (TPSA) is 25.4 Å². The van der Waals surface area contributed by atoms with Crippen molar-refractivity contribution in [2.24, 2.45) is 0 Å². The first-order valence-corrected chi connectivity index (χ1v) is 6.16. The maximum Gasteiger partial charge on any atom is 0.132 e. The second-order valence-electron chi connectivity index (χ2n) is 3.91. The molecule has 3 nitrogen and oxygen atoms in total. The number of hydrogen-bond acceptors (Lipinski definition) is 3. The van der Waals surface area contributed by atoms with Gasteiger partial charge in [0.1, 0.15) is 11.6 Å². The largest absolute Gasteiger partial charge is 0.497 e. The number of pyridine rings is 1. The van der Waals surface area contributed by atoms with Crippen LogP contribution in [0, 0.1) is 0 Å². The summed E-state index contributed by atoms with van der Waals surface area (Å²) in [5.41, 5.74) is 2.11. The Bertz CT molecular complexity index is 513. The van der Waals surface area contributed by atoms with Crippen LogP contribution < -0.4 is 9.64 Å². The van der Waals surface area contributed by atoms with Crippen LogP contribution in [-0.2, 0) is 5.88 Å². The zero-order valence-corrected chi connectivity index (χ0v) is 11.2. The highest BCUT2D eigenvalue weighted by atomic mass is 35.5. The average Bonchev–Trinajstić information content (AvgIpc) is 2.46. The molecule has 0 bridgehead atoms. The van der Waals surface area contributed by atoms with Crippen molar-refractivity contribution in [2.75, 3.05) is 19.1 Å². The monoisotopic (exact) mass is 262 g/mol. The number of benzene rings is 1. The van der Waals surface area contributed by atoms with Crippen molar-refractivity contribution in [3.05, 3.63) is 48.2 Å². The Morgan fingerprint density at radius 2 is 1.94 bits per heavy atom. The highest BCUT2D eigenvalue weighted by molar-refractivity contribution is 6.17. The average molecular weight is 263 g/mol. The number of alkyl halides is 1. The Balaban J connectivity index is 2.25. The van der Waals surface area contributed by atoms with E-state index in [1.807, 2.05) is 48.3 Å². The zero-order valence-electron chi connectivity index (χ0n) is 10.4. The third kappa shape index (κ3) is 2.74. The Hall–Kier alpha value is -1.74. The molecule has 1 aromatic carbocycles. The van der Waals surface area contributed by atoms with Gasteiger partial charge in [0, 0.05) is 24.8 Å². The molecule has 0 saturated carbocycles. The maximum absolute atomic E-state index is 5.83. The van der Waals surface area contributed by atoms with Gasteiger partial charge in [0.15, 0.2) is 0 Å². The fraction of sp³-hybridized carbons (Fsp3) is 0.214. The summed E-state index contributed by atoms with van der Waals surface area (Å²) in [5.74, 6) is 2.21. The van der Waals surface area contributed by atoms with Crippen LogP contribution in [0.3, 0.4) is 0 Å². The van der Waals surface area contributed by atoms with E-state index in [1.165, 1.54) is 0 Å². The number of methoxy groups -OCH3 is 1. The molecule has 0 fully saturated rings.